The minimum Gasteiger partial charge on any atom is -0.372 e. The predicted octanol–water partition coefficient (Wildman–Crippen LogP) is 1.12. The number of rotatable bonds is 3. The molecule has 2 atom stereocenters. The highest BCUT2D eigenvalue weighted by molar-refractivity contribution is 7.89. The number of hydrogen-bond acceptors (Lipinski definition) is 5. The number of piperidine rings is 1. The zero-order chi connectivity index (χ0) is 18.0. The fourth-order valence-electron chi connectivity index (χ4n) is 3.61. The fourth-order valence-corrected chi connectivity index (χ4v) is 5.04. The predicted molar refractivity (Wildman–Crippen MR) is 92.3 cm³/mol. The molecule has 2 aliphatic rings. The Morgan fingerprint density at radius 3 is 2.40 bits per heavy atom. The highest BCUT2D eigenvalue weighted by Gasteiger charge is 2.35. The Bertz CT molecular complexity index is 692. The smallest absolute Gasteiger partial charge is 0.244 e. The highest BCUT2D eigenvalue weighted by Crippen LogP contribution is 2.26. The Morgan fingerprint density at radius 1 is 1.20 bits per heavy atom. The second-order valence-corrected chi connectivity index (χ2v) is 8.81. The summed E-state index contributed by atoms with van der Waals surface area (Å²) in [4.78, 5) is 18.7. The van der Waals surface area contributed by atoms with E-state index in [4.69, 9.17) is 4.74 Å². The van der Waals surface area contributed by atoms with Gasteiger partial charge in [0.05, 0.1) is 12.2 Å². The molecule has 2 aliphatic heterocycles. The van der Waals surface area contributed by atoms with Crippen LogP contribution in [0.15, 0.2) is 29.4 Å². The van der Waals surface area contributed by atoms with Gasteiger partial charge in [-0.2, -0.15) is 4.31 Å². The molecule has 7 nitrogen and oxygen atoms in total. The van der Waals surface area contributed by atoms with E-state index in [1.807, 2.05) is 18.7 Å². The molecule has 0 spiro atoms. The fraction of sp³-hybridized carbons (Fsp3) is 0.647. The summed E-state index contributed by atoms with van der Waals surface area (Å²) in [6.07, 6.45) is 4.10. The lowest BCUT2D eigenvalue weighted by molar-refractivity contribution is -0.148. The van der Waals surface area contributed by atoms with Crippen LogP contribution in [0.1, 0.15) is 26.7 Å². The molecule has 1 aromatic heterocycles. The van der Waals surface area contributed by atoms with Crippen LogP contribution in [0.3, 0.4) is 0 Å². The van der Waals surface area contributed by atoms with Crippen molar-refractivity contribution >= 4 is 15.9 Å². The third-order valence-electron chi connectivity index (χ3n) is 4.81. The van der Waals surface area contributed by atoms with E-state index in [0.717, 1.165) is 0 Å². The summed E-state index contributed by atoms with van der Waals surface area (Å²) in [6.45, 7) is 5.89. The lowest BCUT2D eigenvalue weighted by Crippen LogP contribution is -2.51. The number of aromatic nitrogens is 1. The normalized spacial score (nSPS) is 26.6. The molecule has 25 heavy (non-hydrogen) atoms. The monoisotopic (exact) mass is 367 g/mol. The minimum absolute atomic E-state index is 0.0405. The van der Waals surface area contributed by atoms with Gasteiger partial charge in [0, 0.05) is 44.5 Å². The highest BCUT2D eigenvalue weighted by atomic mass is 32.2. The number of sulfonamides is 1. The van der Waals surface area contributed by atoms with E-state index >= 15 is 0 Å². The van der Waals surface area contributed by atoms with Crippen molar-refractivity contribution < 1.29 is 17.9 Å². The Labute approximate surface area is 149 Å². The number of carbonyl (C=O) groups excluding carboxylic acids is 1. The maximum atomic E-state index is 12.8. The number of nitrogens with zero attached hydrogens (tertiary/aromatic N) is 3. The van der Waals surface area contributed by atoms with E-state index in [-0.39, 0.29) is 28.9 Å². The van der Waals surface area contributed by atoms with Gasteiger partial charge in [-0.25, -0.2) is 8.42 Å². The number of ether oxygens (including phenoxy) is 1. The maximum Gasteiger partial charge on any atom is 0.244 e. The first-order chi connectivity index (χ1) is 11.9. The number of carbonyl (C=O) groups is 1. The van der Waals surface area contributed by atoms with E-state index in [1.54, 1.807) is 18.3 Å². The Hall–Kier alpha value is -1.51. The van der Waals surface area contributed by atoms with Crippen molar-refractivity contribution in [1.29, 1.82) is 0 Å². The van der Waals surface area contributed by atoms with E-state index in [0.29, 0.717) is 39.0 Å². The van der Waals surface area contributed by atoms with Crippen molar-refractivity contribution in [3.05, 3.63) is 24.5 Å². The topological polar surface area (TPSA) is 79.8 Å². The molecule has 0 N–H and O–H groups in total. The molecule has 138 valence electrons. The summed E-state index contributed by atoms with van der Waals surface area (Å²) in [5.74, 6) is 0.0123. The molecule has 2 fully saturated rings. The summed E-state index contributed by atoms with van der Waals surface area (Å²) in [5.41, 5.74) is 0. The third kappa shape index (κ3) is 4.02. The Morgan fingerprint density at radius 2 is 1.84 bits per heavy atom. The van der Waals surface area contributed by atoms with E-state index in [1.165, 1.54) is 10.5 Å². The van der Waals surface area contributed by atoms with Crippen LogP contribution < -0.4 is 0 Å². The van der Waals surface area contributed by atoms with Gasteiger partial charge in [0.15, 0.2) is 0 Å². The molecule has 0 saturated carbocycles. The largest absolute Gasteiger partial charge is 0.372 e. The first-order valence-electron chi connectivity index (χ1n) is 8.72. The zero-order valence-electron chi connectivity index (χ0n) is 14.7. The van der Waals surface area contributed by atoms with Gasteiger partial charge in [0.25, 0.3) is 0 Å². The van der Waals surface area contributed by atoms with Gasteiger partial charge in [0.2, 0.25) is 15.9 Å². The van der Waals surface area contributed by atoms with Crippen molar-refractivity contribution in [2.45, 2.75) is 43.8 Å². The van der Waals surface area contributed by atoms with Crippen molar-refractivity contribution in [3.63, 3.8) is 0 Å². The molecule has 3 heterocycles. The minimum atomic E-state index is -3.53. The number of pyridine rings is 1. The Balaban J connectivity index is 1.61. The van der Waals surface area contributed by atoms with Crippen LogP contribution in [-0.2, 0) is 19.6 Å². The number of hydrogen-bond donors (Lipinski definition) is 0. The first-order valence-corrected chi connectivity index (χ1v) is 10.2. The van der Waals surface area contributed by atoms with Gasteiger partial charge >= 0.3 is 0 Å². The van der Waals surface area contributed by atoms with Gasteiger partial charge < -0.3 is 9.64 Å². The Kier molecular flexibility index (Phi) is 5.41. The van der Waals surface area contributed by atoms with E-state index in [9.17, 15) is 13.2 Å². The lowest BCUT2D eigenvalue weighted by atomic mass is 9.96. The van der Waals surface area contributed by atoms with E-state index < -0.39 is 10.0 Å². The molecular weight excluding hydrogens is 342 g/mol. The average Bonchev–Trinajstić information content (AvgIpc) is 2.61. The van der Waals surface area contributed by atoms with Crippen LogP contribution >= 0.6 is 0 Å². The van der Waals surface area contributed by atoms with Gasteiger partial charge in [-0.1, -0.05) is 0 Å². The molecule has 8 heteroatoms. The zero-order valence-corrected chi connectivity index (χ0v) is 15.5. The molecular formula is C17H25N3O4S. The average molecular weight is 367 g/mol. The molecule has 2 unspecified atom stereocenters. The molecule has 0 bridgehead atoms. The quantitative estimate of drug-likeness (QED) is 0.800. The molecule has 1 aromatic rings. The second kappa shape index (κ2) is 7.39. The summed E-state index contributed by atoms with van der Waals surface area (Å²) >= 11 is 0. The molecule has 2 saturated heterocycles. The summed E-state index contributed by atoms with van der Waals surface area (Å²) in [6, 6.07) is 3.17. The lowest BCUT2D eigenvalue weighted by Gasteiger charge is -2.39. The second-order valence-electron chi connectivity index (χ2n) is 6.87. The van der Waals surface area contributed by atoms with Gasteiger partial charge in [-0.05, 0) is 38.8 Å². The maximum absolute atomic E-state index is 12.8. The standard InChI is InChI=1S/C17H25N3O4S/c1-13-11-19(12-14(2)24-13)17(21)15-5-8-20(9-6-15)25(22,23)16-4-3-7-18-10-16/h3-4,7,10,13-15H,5-6,8-9,11-12H2,1-2H3. The molecule has 1 amide bonds. The van der Waals surface area contributed by atoms with Crippen LogP contribution in [0.2, 0.25) is 0 Å². The van der Waals surface area contributed by atoms with Crippen LogP contribution in [0, 0.1) is 5.92 Å². The van der Waals surface area contributed by atoms with Crippen molar-refractivity contribution in [3.8, 4) is 0 Å². The van der Waals surface area contributed by atoms with Crippen LogP contribution in [0.4, 0.5) is 0 Å². The molecule has 0 aliphatic carbocycles. The first kappa shape index (κ1) is 18.3. The summed E-state index contributed by atoms with van der Waals surface area (Å²) in [7, 11) is -3.53. The molecule has 0 radical (unpaired) electrons. The van der Waals surface area contributed by atoms with Crippen molar-refractivity contribution in [1.82, 2.24) is 14.2 Å². The van der Waals surface area contributed by atoms with Crippen molar-refractivity contribution in [2.24, 2.45) is 5.92 Å². The van der Waals surface area contributed by atoms with Gasteiger partial charge in [0.1, 0.15) is 4.90 Å². The van der Waals surface area contributed by atoms with E-state index in [2.05, 4.69) is 4.98 Å². The summed E-state index contributed by atoms with van der Waals surface area (Å²) < 4.78 is 32.4. The number of morpholine rings is 1. The van der Waals surface area contributed by atoms with Gasteiger partial charge in [-0.3, -0.25) is 9.78 Å². The molecule has 0 aromatic carbocycles. The third-order valence-corrected chi connectivity index (χ3v) is 6.69. The van der Waals surface area contributed by atoms with Gasteiger partial charge in [-0.15, -0.1) is 0 Å². The van der Waals surface area contributed by atoms with Crippen LogP contribution in [0.25, 0.3) is 0 Å². The van der Waals surface area contributed by atoms with Crippen LogP contribution in [-0.4, -0.2) is 66.9 Å². The summed E-state index contributed by atoms with van der Waals surface area (Å²) in [5, 5.41) is 0. The number of amides is 1. The van der Waals surface area contributed by atoms with Crippen LogP contribution in [0.5, 0.6) is 0 Å². The SMILES string of the molecule is CC1CN(C(=O)C2CCN(S(=O)(=O)c3cccnc3)CC2)CC(C)O1. The van der Waals surface area contributed by atoms with Crippen molar-refractivity contribution in [2.75, 3.05) is 26.2 Å². The molecule has 3 rings (SSSR count).